The van der Waals surface area contributed by atoms with Crippen molar-refractivity contribution in [3.63, 3.8) is 0 Å². The molecule has 3 aromatic rings. The monoisotopic (exact) mass is 411 g/mol. The number of benzene rings is 2. The van der Waals surface area contributed by atoms with Gasteiger partial charge in [0, 0.05) is 31.2 Å². The maximum atomic E-state index is 10.5. The summed E-state index contributed by atoms with van der Waals surface area (Å²) in [6, 6.07) is 9.34. The molecule has 0 amide bonds. The number of aromatic nitrogens is 1. The van der Waals surface area contributed by atoms with Crippen LogP contribution in [0.2, 0.25) is 0 Å². The van der Waals surface area contributed by atoms with E-state index in [2.05, 4.69) is 0 Å². The molecule has 0 atom stereocenters. The second-order valence-electron chi connectivity index (χ2n) is 5.27. The molecule has 1 heterocycles. The van der Waals surface area contributed by atoms with Gasteiger partial charge in [-0.1, -0.05) is 23.5 Å². The minimum atomic E-state index is -4.77. The van der Waals surface area contributed by atoms with E-state index in [4.69, 9.17) is 0 Å². The summed E-state index contributed by atoms with van der Waals surface area (Å²) in [6.07, 6.45) is 0. The fraction of sp³-hybridized carbons (Fsp3) is 0.133. The second kappa shape index (κ2) is 7.73. The van der Waals surface area contributed by atoms with Crippen LogP contribution in [0.5, 0.6) is 0 Å². The van der Waals surface area contributed by atoms with E-state index in [0.29, 0.717) is 0 Å². The zero-order valence-electron chi connectivity index (χ0n) is 14.1. The fourth-order valence-corrected chi connectivity index (χ4v) is 3.88. The Labute approximate surface area is 157 Å². The third-order valence-corrected chi connectivity index (χ3v) is 5.58. The summed E-state index contributed by atoms with van der Waals surface area (Å²) in [6.45, 7) is 2.00. The van der Waals surface area contributed by atoms with Crippen molar-refractivity contribution < 1.29 is 27.4 Å². The van der Waals surface area contributed by atoms with Crippen LogP contribution in [0.1, 0.15) is 5.01 Å². The summed E-state index contributed by atoms with van der Waals surface area (Å²) in [7, 11) is -2.81. The third-order valence-electron chi connectivity index (χ3n) is 3.58. The molecular weight excluding hydrogens is 398 g/mol. The molecule has 0 saturated carbocycles. The number of nitro groups is 2. The standard InChI is InChI=1S/C9H9N2O2S.C6H5NO5S/c1-6-10(2)8-4-3-7(11(12)13)5-9(8)14-6;8-7(9)5-3-1-2-4-6(5)13(10,11)12/h3-5H,1-2H3;1-4H,(H,10,11,12)/q+1;/p-1. The quantitative estimate of drug-likeness (QED) is 0.278. The van der Waals surface area contributed by atoms with E-state index >= 15 is 0 Å². The van der Waals surface area contributed by atoms with Crippen molar-refractivity contribution >= 4 is 43.0 Å². The predicted octanol–water partition coefficient (Wildman–Crippen LogP) is 2.44. The Morgan fingerprint density at radius 1 is 1.04 bits per heavy atom. The Kier molecular flexibility index (Phi) is 5.83. The van der Waals surface area contributed by atoms with Gasteiger partial charge in [-0.25, -0.2) is 8.42 Å². The van der Waals surface area contributed by atoms with Crippen molar-refractivity contribution in [2.24, 2.45) is 7.05 Å². The Bertz CT molecular complexity index is 1140. The first-order chi connectivity index (χ1) is 12.5. The highest BCUT2D eigenvalue weighted by Gasteiger charge is 2.17. The van der Waals surface area contributed by atoms with Gasteiger partial charge in [0.15, 0.2) is 0 Å². The van der Waals surface area contributed by atoms with Gasteiger partial charge in [0.25, 0.3) is 11.4 Å². The highest BCUT2D eigenvalue weighted by Crippen LogP contribution is 2.24. The Morgan fingerprint density at radius 2 is 1.67 bits per heavy atom. The largest absolute Gasteiger partial charge is 0.744 e. The summed E-state index contributed by atoms with van der Waals surface area (Å²) < 4.78 is 34.5. The molecule has 0 unspecified atom stereocenters. The number of para-hydroxylation sites is 1. The minimum Gasteiger partial charge on any atom is -0.744 e. The smallest absolute Gasteiger partial charge is 0.286 e. The molecule has 0 N–H and O–H groups in total. The van der Waals surface area contributed by atoms with Crippen LogP contribution in [0.4, 0.5) is 11.4 Å². The van der Waals surface area contributed by atoms with Gasteiger partial charge < -0.3 is 4.55 Å². The van der Waals surface area contributed by atoms with Gasteiger partial charge in [0.2, 0.25) is 10.5 Å². The van der Waals surface area contributed by atoms with E-state index in [-0.39, 0.29) is 10.6 Å². The number of aryl methyl sites for hydroxylation is 2. The van der Waals surface area contributed by atoms with E-state index < -0.39 is 25.6 Å². The van der Waals surface area contributed by atoms with Crippen molar-refractivity contribution in [3.8, 4) is 0 Å². The Hall–Kier alpha value is -2.96. The van der Waals surface area contributed by atoms with Crippen LogP contribution in [-0.2, 0) is 17.2 Å². The van der Waals surface area contributed by atoms with Gasteiger partial charge in [0.1, 0.15) is 26.8 Å². The number of non-ortho nitro benzene ring substituents is 1. The summed E-state index contributed by atoms with van der Waals surface area (Å²) >= 11 is 1.57. The minimum absolute atomic E-state index is 0.152. The number of nitro benzene ring substituents is 2. The molecule has 0 saturated heterocycles. The van der Waals surface area contributed by atoms with Crippen LogP contribution in [0.3, 0.4) is 0 Å². The van der Waals surface area contributed by atoms with Gasteiger partial charge in [-0.15, -0.1) is 0 Å². The van der Waals surface area contributed by atoms with Crippen LogP contribution in [0.15, 0.2) is 47.4 Å². The van der Waals surface area contributed by atoms with E-state index in [1.54, 1.807) is 23.5 Å². The van der Waals surface area contributed by atoms with Gasteiger partial charge in [-0.05, 0) is 6.07 Å². The Balaban J connectivity index is 0.000000194. The number of fused-ring (bicyclic) bond motifs is 1. The maximum Gasteiger partial charge on any atom is 0.286 e. The van der Waals surface area contributed by atoms with Gasteiger partial charge >= 0.3 is 0 Å². The number of nitrogens with zero attached hydrogens (tertiary/aromatic N) is 3. The van der Waals surface area contributed by atoms with Gasteiger partial charge in [0.05, 0.1) is 9.85 Å². The lowest BCUT2D eigenvalue weighted by molar-refractivity contribution is -0.646. The highest BCUT2D eigenvalue weighted by atomic mass is 32.2. The molecule has 0 aliphatic rings. The molecule has 2 aromatic carbocycles. The lowest BCUT2D eigenvalue weighted by Gasteiger charge is -2.06. The van der Waals surface area contributed by atoms with Crippen LogP contribution >= 0.6 is 11.3 Å². The van der Waals surface area contributed by atoms with Crippen molar-refractivity contribution in [1.29, 1.82) is 0 Å². The number of hydrogen-bond donors (Lipinski definition) is 0. The highest BCUT2D eigenvalue weighted by molar-refractivity contribution is 7.85. The fourth-order valence-electron chi connectivity index (χ4n) is 2.19. The first kappa shape index (κ1) is 20.4. The SMILES string of the molecule is Cc1sc2cc([N+](=O)[O-])ccc2[n+]1C.O=[N+]([O-])c1ccccc1S(=O)(=O)[O-]. The molecule has 10 nitrogen and oxygen atoms in total. The van der Waals surface area contributed by atoms with Crippen molar-refractivity contribution in [2.75, 3.05) is 0 Å². The van der Waals surface area contributed by atoms with Gasteiger partial charge in [-0.2, -0.15) is 4.57 Å². The number of rotatable bonds is 3. The van der Waals surface area contributed by atoms with Crippen molar-refractivity contribution in [3.05, 3.63) is 67.7 Å². The van der Waals surface area contributed by atoms with Crippen LogP contribution in [-0.4, -0.2) is 22.8 Å². The second-order valence-corrected chi connectivity index (χ2v) is 7.85. The van der Waals surface area contributed by atoms with Crippen molar-refractivity contribution in [2.45, 2.75) is 11.8 Å². The van der Waals surface area contributed by atoms with E-state index in [1.807, 2.05) is 18.5 Å². The van der Waals surface area contributed by atoms with Crippen LogP contribution in [0, 0.1) is 27.2 Å². The molecule has 0 fully saturated rings. The molecule has 27 heavy (non-hydrogen) atoms. The van der Waals surface area contributed by atoms with Crippen LogP contribution < -0.4 is 4.57 Å². The molecule has 0 radical (unpaired) electrons. The average molecular weight is 411 g/mol. The van der Waals surface area contributed by atoms with E-state index in [0.717, 1.165) is 27.4 Å². The molecule has 1 aromatic heterocycles. The maximum absolute atomic E-state index is 10.5. The third kappa shape index (κ3) is 4.61. The predicted molar refractivity (Wildman–Crippen MR) is 95.5 cm³/mol. The molecule has 142 valence electrons. The molecule has 0 spiro atoms. The summed E-state index contributed by atoms with van der Waals surface area (Å²) in [5.41, 5.74) is 0.495. The molecule has 3 rings (SSSR count). The summed E-state index contributed by atoms with van der Waals surface area (Å²) in [4.78, 5) is 18.7. The topological polar surface area (TPSA) is 147 Å². The number of thiazole rings is 1. The molecule has 12 heteroatoms. The zero-order valence-corrected chi connectivity index (χ0v) is 15.7. The zero-order chi connectivity index (χ0) is 20.4. The molecular formula is C15H13N3O7S2. The van der Waals surface area contributed by atoms with E-state index in [1.165, 1.54) is 18.2 Å². The van der Waals surface area contributed by atoms with Crippen molar-refractivity contribution in [1.82, 2.24) is 0 Å². The number of hydrogen-bond acceptors (Lipinski definition) is 8. The van der Waals surface area contributed by atoms with Crippen LogP contribution in [0.25, 0.3) is 10.2 Å². The molecule has 0 aliphatic carbocycles. The first-order valence-electron chi connectivity index (χ1n) is 7.25. The normalized spacial score (nSPS) is 10.9. The van der Waals surface area contributed by atoms with Gasteiger partial charge in [-0.3, -0.25) is 20.2 Å². The summed E-state index contributed by atoms with van der Waals surface area (Å²) in [5, 5.41) is 21.9. The lowest BCUT2D eigenvalue weighted by Crippen LogP contribution is -2.28. The molecule has 0 bridgehead atoms. The average Bonchev–Trinajstić information content (AvgIpc) is 2.88. The summed E-state index contributed by atoms with van der Waals surface area (Å²) in [5.74, 6) is 0. The first-order valence-corrected chi connectivity index (χ1v) is 9.47. The molecule has 0 aliphatic heterocycles. The Morgan fingerprint density at radius 3 is 2.19 bits per heavy atom. The lowest BCUT2D eigenvalue weighted by atomic mass is 10.3. The van der Waals surface area contributed by atoms with E-state index in [9.17, 15) is 33.2 Å².